The quantitative estimate of drug-likeness (QED) is 0.740. The van der Waals surface area contributed by atoms with Gasteiger partial charge in [-0.05, 0) is 42.5 Å². The van der Waals surface area contributed by atoms with Gasteiger partial charge in [0.1, 0.15) is 0 Å². The second-order valence-corrected chi connectivity index (χ2v) is 6.04. The molecule has 1 aliphatic heterocycles. The molecule has 3 N–H and O–H groups in total. The van der Waals surface area contributed by atoms with E-state index in [1.54, 1.807) is 0 Å². The molecule has 0 bridgehead atoms. The summed E-state index contributed by atoms with van der Waals surface area (Å²) in [6.07, 6.45) is 5.22. The second kappa shape index (κ2) is 4.63. The molecule has 1 aromatic carbocycles. The van der Waals surface area contributed by atoms with Gasteiger partial charge in [0.25, 0.3) is 0 Å². The summed E-state index contributed by atoms with van der Waals surface area (Å²) >= 11 is 0. The van der Waals surface area contributed by atoms with Crippen LogP contribution in [0.4, 0.5) is 0 Å². The van der Waals surface area contributed by atoms with E-state index >= 15 is 0 Å². The number of nitrogens with one attached hydrogen (secondary N) is 3. The van der Waals surface area contributed by atoms with Crippen molar-refractivity contribution in [3.63, 3.8) is 0 Å². The predicted molar refractivity (Wildman–Crippen MR) is 78.7 cm³/mol. The van der Waals surface area contributed by atoms with Gasteiger partial charge in [0.05, 0.1) is 0 Å². The van der Waals surface area contributed by atoms with Gasteiger partial charge in [0.2, 0.25) is 6.41 Å². The lowest BCUT2D eigenvalue weighted by Gasteiger charge is -2.40. The van der Waals surface area contributed by atoms with Crippen LogP contribution in [0, 0.1) is 5.92 Å². The average Bonchev–Trinajstić information content (AvgIpc) is 2.90. The number of fused-ring (bicyclic) bond motifs is 2. The molecule has 2 aromatic rings. The maximum Gasteiger partial charge on any atom is 0.207 e. The van der Waals surface area contributed by atoms with Crippen molar-refractivity contribution in [1.29, 1.82) is 0 Å². The third kappa shape index (κ3) is 1.75. The van der Waals surface area contributed by atoms with Crippen LogP contribution in [0.1, 0.15) is 23.5 Å². The van der Waals surface area contributed by atoms with Crippen molar-refractivity contribution in [2.75, 3.05) is 13.1 Å². The highest BCUT2D eigenvalue weighted by molar-refractivity contribution is 5.88. The molecule has 2 unspecified atom stereocenters. The van der Waals surface area contributed by atoms with Crippen molar-refractivity contribution in [1.82, 2.24) is 15.6 Å². The molecule has 0 radical (unpaired) electrons. The Labute approximate surface area is 117 Å². The molecule has 2 heterocycles. The van der Waals surface area contributed by atoms with E-state index in [0.29, 0.717) is 17.9 Å². The largest absolute Gasteiger partial charge is 0.361 e. The normalized spacial score (nSPS) is 28.1. The molecule has 0 saturated carbocycles. The number of amides is 1. The lowest BCUT2D eigenvalue weighted by atomic mass is 9.73. The Hall–Kier alpha value is -1.81. The van der Waals surface area contributed by atoms with E-state index in [-0.39, 0.29) is 0 Å². The van der Waals surface area contributed by atoms with E-state index in [1.165, 1.54) is 22.0 Å². The van der Waals surface area contributed by atoms with Crippen LogP contribution < -0.4 is 10.6 Å². The zero-order chi connectivity index (χ0) is 13.5. The average molecular weight is 269 g/mol. The molecule has 0 spiro atoms. The summed E-state index contributed by atoms with van der Waals surface area (Å²) in [5, 5.41) is 7.94. The van der Waals surface area contributed by atoms with Gasteiger partial charge in [0, 0.05) is 35.6 Å². The van der Waals surface area contributed by atoms with Crippen LogP contribution in [0.25, 0.3) is 10.9 Å². The Balaban J connectivity index is 1.69. The molecule has 2 aliphatic rings. The van der Waals surface area contributed by atoms with Crippen LogP contribution >= 0.6 is 0 Å². The Morgan fingerprint density at radius 1 is 1.40 bits per heavy atom. The standard InChI is InChI=1S/C16H19N3O/c20-9-17-6-10-4-13-12-2-1-3-14-16(12)11(8-19-14)5-15(13)18-7-10/h1-3,8-10,13,15,18-19H,4-7H2,(H,17,20)/t10?,13?,15-/m1/s1. The Morgan fingerprint density at radius 2 is 2.35 bits per heavy atom. The SMILES string of the molecule is O=CNCC1CN[C@@H]2Cc3c[nH]c4cccc(c34)C2C1. The van der Waals surface area contributed by atoms with Crippen LogP contribution in [0.3, 0.4) is 0 Å². The topological polar surface area (TPSA) is 56.9 Å². The molecular formula is C16H19N3O. The predicted octanol–water partition coefficient (Wildman–Crippen LogP) is 1.53. The monoisotopic (exact) mass is 269 g/mol. The Morgan fingerprint density at radius 3 is 3.25 bits per heavy atom. The molecule has 20 heavy (non-hydrogen) atoms. The maximum atomic E-state index is 10.5. The first kappa shape index (κ1) is 12.0. The summed E-state index contributed by atoms with van der Waals surface area (Å²) in [6.45, 7) is 1.77. The van der Waals surface area contributed by atoms with Crippen LogP contribution in [0.5, 0.6) is 0 Å². The zero-order valence-electron chi connectivity index (χ0n) is 11.4. The lowest BCUT2D eigenvalue weighted by Crippen LogP contribution is -2.48. The molecule has 1 fully saturated rings. The molecule has 1 aromatic heterocycles. The minimum atomic E-state index is 0.525. The third-order valence-electron chi connectivity index (χ3n) is 4.89. The highest BCUT2D eigenvalue weighted by Crippen LogP contribution is 2.41. The smallest absolute Gasteiger partial charge is 0.207 e. The Kier molecular flexibility index (Phi) is 2.77. The molecule has 3 atom stereocenters. The number of aromatic nitrogens is 1. The number of aromatic amines is 1. The van der Waals surface area contributed by atoms with E-state index in [2.05, 4.69) is 40.0 Å². The van der Waals surface area contributed by atoms with Crippen molar-refractivity contribution < 1.29 is 4.79 Å². The number of benzene rings is 1. The number of rotatable bonds is 3. The van der Waals surface area contributed by atoms with Crippen LogP contribution in [-0.2, 0) is 11.2 Å². The highest BCUT2D eigenvalue weighted by Gasteiger charge is 2.35. The summed E-state index contributed by atoms with van der Waals surface area (Å²) in [4.78, 5) is 13.9. The first-order valence-corrected chi connectivity index (χ1v) is 7.36. The van der Waals surface area contributed by atoms with Crippen LogP contribution in [0.15, 0.2) is 24.4 Å². The molecular weight excluding hydrogens is 250 g/mol. The fraction of sp³-hybridized carbons (Fsp3) is 0.438. The molecule has 1 aliphatic carbocycles. The lowest BCUT2D eigenvalue weighted by molar-refractivity contribution is -0.109. The molecule has 1 saturated heterocycles. The minimum absolute atomic E-state index is 0.525. The van der Waals surface area contributed by atoms with E-state index < -0.39 is 0 Å². The van der Waals surface area contributed by atoms with Gasteiger partial charge in [-0.3, -0.25) is 4.79 Å². The molecule has 4 nitrogen and oxygen atoms in total. The van der Waals surface area contributed by atoms with Crippen molar-refractivity contribution in [2.24, 2.45) is 5.92 Å². The van der Waals surface area contributed by atoms with Gasteiger partial charge >= 0.3 is 0 Å². The maximum absolute atomic E-state index is 10.5. The van der Waals surface area contributed by atoms with Gasteiger partial charge in [-0.2, -0.15) is 0 Å². The number of carbonyl (C=O) groups excluding carboxylic acids is 1. The number of H-pyrrole nitrogens is 1. The van der Waals surface area contributed by atoms with Crippen molar-refractivity contribution in [3.8, 4) is 0 Å². The van der Waals surface area contributed by atoms with Crippen molar-refractivity contribution in [3.05, 3.63) is 35.5 Å². The minimum Gasteiger partial charge on any atom is -0.361 e. The summed E-state index contributed by atoms with van der Waals surface area (Å²) in [5.74, 6) is 1.09. The summed E-state index contributed by atoms with van der Waals surface area (Å²) in [7, 11) is 0. The van der Waals surface area contributed by atoms with Gasteiger partial charge < -0.3 is 15.6 Å². The third-order valence-corrected chi connectivity index (χ3v) is 4.89. The zero-order valence-corrected chi connectivity index (χ0v) is 11.4. The number of piperidine rings is 1. The van der Waals surface area contributed by atoms with E-state index in [4.69, 9.17) is 0 Å². The van der Waals surface area contributed by atoms with Gasteiger partial charge in [0.15, 0.2) is 0 Å². The van der Waals surface area contributed by atoms with E-state index in [1.807, 2.05) is 0 Å². The molecule has 1 amide bonds. The molecule has 4 heteroatoms. The van der Waals surface area contributed by atoms with E-state index in [9.17, 15) is 4.79 Å². The van der Waals surface area contributed by atoms with Crippen LogP contribution in [-0.4, -0.2) is 30.5 Å². The molecule has 4 rings (SSSR count). The van der Waals surface area contributed by atoms with Gasteiger partial charge in [-0.1, -0.05) is 12.1 Å². The fourth-order valence-electron chi connectivity index (χ4n) is 3.99. The first-order chi connectivity index (χ1) is 9.86. The number of hydrogen-bond donors (Lipinski definition) is 3. The van der Waals surface area contributed by atoms with Gasteiger partial charge in [-0.15, -0.1) is 0 Å². The highest BCUT2D eigenvalue weighted by atomic mass is 16.1. The summed E-state index contributed by atoms with van der Waals surface area (Å²) in [6, 6.07) is 7.11. The summed E-state index contributed by atoms with van der Waals surface area (Å²) < 4.78 is 0. The van der Waals surface area contributed by atoms with Crippen molar-refractivity contribution >= 4 is 17.3 Å². The number of carbonyl (C=O) groups is 1. The molecule has 104 valence electrons. The number of hydrogen-bond acceptors (Lipinski definition) is 2. The van der Waals surface area contributed by atoms with Crippen molar-refractivity contribution in [2.45, 2.75) is 24.8 Å². The van der Waals surface area contributed by atoms with Gasteiger partial charge in [-0.25, -0.2) is 0 Å². The fourth-order valence-corrected chi connectivity index (χ4v) is 3.99. The first-order valence-electron chi connectivity index (χ1n) is 7.36. The Bertz CT molecular complexity index is 648. The van der Waals surface area contributed by atoms with Crippen LogP contribution in [0.2, 0.25) is 0 Å². The van der Waals surface area contributed by atoms with E-state index in [0.717, 1.165) is 32.3 Å². The summed E-state index contributed by atoms with van der Waals surface area (Å²) in [5.41, 5.74) is 4.16. The second-order valence-electron chi connectivity index (χ2n) is 6.04.